The number of hydrogen-bond donors (Lipinski definition) is 1. The SMILES string of the molecule is [B]C([B])([B])C12CCC(=O)C=C1CC[C@H]1[C@@H]3CC[C@H](O)C3(C)CC[C@@H]12. The normalized spacial score (nSPS) is 48.2. The lowest BCUT2D eigenvalue weighted by molar-refractivity contribution is -0.118. The molecule has 4 aliphatic rings. The van der Waals surface area contributed by atoms with Crippen LogP contribution in [-0.4, -0.2) is 40.5 Å². The molecule has 0 bridgehead atoms. The van der Waals surface area contributed by atoms with Crippen molar-refractivity contribution in [3.63, 3.8) is 0 Å². The van der Waals surface area contributed by atoms with Gasteiger partial charge in [0.2, 0.25) is 0 Å². The molecule has 4 aliphatic carbocycles. The molecule has 2 nitrogen and oxygen atoms in total. The van der Waals surface area contributed by atoms with Crippen molar-refractivity contribution in [1.82, 2.24) is 0 Å². The van der Waals surface area contributed by atoms with Gasteiger partial charge in [-0.2, -0.15) is 0 Å². The third-order valence-electron chi connectivity index (χ3n) is 8.21. The molecule has 122 valence electrons. The lowest BCUT2D eigenvalue weighted by Crippen LogP contribution is -2.57. The van der Waals surface area contributed by atoms with Gasteiger partial charge in [-0.05, 0) is 79.6 Å². The number of fused-ring (bicyclic) bond motifs is 5. The Hall–Kier alpha value is -0.435. The van der Waals surface area contributed by atoms with Gasteiger partial charge in [-0.1, -0.05) is 12.5 Å². The topological polar surface area (TPSA) is 37.3 Å². The highest BCUT2D eigenvalue weighted by Crippen LogP contribution is 2.69. The molecule has 2 unspecified atom stereocenters. The highest BCUT2D eigenvalue weighted by molar-refractivity contribution is 6.59. The monoisotopic (exact) mass is 318 g/mol. The van der Waals surface area contributed by atoms with Crippen molar-refractivity contribution < 1.29 is 9.90 Å². The molecular formula is C19H25B3O2. The van der Waals surface area contributed by atoms with Gasteiger partial charge in [0.25, 0.3) is 0 Å². The minimum Gasteiger partial charge on any atom is -0.393 e. The summed E-state index contributed by atoms with van der Waals surface area (Å²) in [6.07, 6.45) is 8.67. The van der Waals surface area contributed by atoms with E-state index in [1.807, 2.05) is 0 Å². The van der Waals surface area contributed by atoms with Crippen LogP contribution in [0.3, 0.4) is 0 Å². The van der Waals surface area contributed by atoms with E-state index in [0.29, 0.717) is 30.6 Å². The van der Waals surface area contributed by atoms with Crippen LogP contribution in [0.5, 0.6) is 0 Å². The first-order chi connectivity index (χ1) is 11.2. The number of allylic oxidation sites excluding steroid dienone is 1. The number of hydrogen-bond acceptors (Lipinski definition) is 2. The van der Waals surface area contributed by atoms with Crippen molar-refractivity contribution in [2.75, 3.05) is 0 Å². The number of rotatable bonds is 1. The fourth-order valence-electron chi connectivity index (χ4n) is 7.01. The van der Waals surface area contributed by atoms with Crippen LogP contribution >= 0.6 is 0 Å². The minimum atomic E-state index is -1.30. The zero-order chi connectivity index (χ0) is 17.3. The van der Waals surface area contributed by atoms with E-state index < -0.39 is 10.5 Å². The summed E-state index contributed by atoms with van der Waals surface area (Å²) < 4.78 is 0. The number of ketones is 1. The summed E-state index contributed by atoms with van der Waals surface area (Å²) in [5.74, 6) is 1.53. The first-order valence-corrected chi connectivity index (χ1v) is 9.49. The first kappa shape index (κ1) is 17.0. The second-order valence-electron chi connectivity index (χ2n) is 9.09. The fraction of sp³-hybridized carbons (Fsp3) is 0.842. The molecule has 0 spiro atoms. The maximum absolute atomic E-state index is 12.0. The van der Waals surface area contributed by atoms with E-state index in [1.165, 1.54) is 0 Å². The maximum Gasteiger partial charge on any atom is 0.155 e. The van der Waals surface area contributed by atoms with Gasteiger partial charge in [0.1, 0.15) is 0 Å². The summed E-state index contributed by atoms with van der Waals surface area (Å²) in [5.41, 5.74) is 0.655. The largest absolute Gasteiger partial charge is 0.393 e. The molecular weight excluding hydrogens is 293 g/mol. The summed E-state index contributed by atoms with van der Waals surface area (Å²) in [7, 11) is 19.1. The van der Waals surface area contributed by atoms with Crippen LogP contribution in [0.15, 0.2) is 11.6 Å². The van der Waals surface area contributed by atoms with Gasteiger partial charge in [0, 0.05) is 6.42 Å². The van der Waals surface area contributed by atoms with E-state index in [9.17, 15) is 9.90 Å². The molecule has 0 heterocycles. The Bertz CT molecular complexity index is 596. The van der Waals surface area contributed by atoms with Crippen molar-refractivity contribution in [3.05, 3.63) is 11.6 Å². The van der Waals surface area contributed by atoms with Crippen LogP contribution in [0.25, 0.3) is 0 Å². The third kappa shape index (κ3) is 2.06. The second-order valence-corrected chi connectivity index (χ2v) is 9.09. The molecule has 0 aromatic carbocycles. The predicted octanol–water partition coefficient (Wildman–Crippen LogP) is 2.44. The summed E-state index contributed by atoms with van der Waals surface area (Å²) in [6, 6.07) is 0. The van der Waals surface area contributed by atoms with Crippen LogP contribution in [0.1, 0.15) is 58.3 Å². The fourth-order valence-corrected chi connectivity index (χ4v) is 7.01. The maximum atomic E-state index is 12.0. The Morgan fingerprint density at radius 3 is 2.54 bits per heavy atom. The molecule has 24 heavy (non-hydrogen) atoms. The van der Waals surface area contributed by atoms with E-state index in [2.05, 4.69) is 6.92 Å². The zero-order valence-corrected chi connectivity index (χ0v) is 14.6. The van der Waals surface area contributed by atoms with Crippen molar-refractivity contribution in [2.45, 2.75) is 69.5 Å². The molecule has 3 fully saturated rings. The molecule has 1 N–H and O–H groups in total. The van der Waals surface area contributed by atoms with Gasteiger partial charge in [-0.3, -0.25) is 4.79 Å². The van der Waals surface area contributed by atoms with Crippen molar-refractivity contribution >= 4 is 29.3 Å². The minimum absolute atomic E-state index is 0.0223. The highest BCUT2D eigenvalue weighted by atomic mass is 16.3. The summed E-state index contributed by atoms with van der Waals surface area (Å²) in [6.45, 7) is 2.26. The molecule has 0 aromatic heterocycles. The summed E-state index contributed by atoms with van der Waals surface area (Å²) in [5, 5.41) is 9.24. The smallest absolute Gasteiger partial charge is 0.155 e. The van der Waals surface area contributed by atoms with Crippen molar-refractivity contribution in [1.29, 1.82) is 0 Å². The van der Waals surface area contributed by atoms with Crippen LogP contribution in [0.2, 0.25) is 5.11 Å². The Morgan fingerprint density at radius 1 is 1.08 bits per heavy atom. The number of aliphatic hydroxyl groups is 1. The molecule has 0 saturated heterocycles. The standard InChI is InChI=1S/C19H25B3O2/c1-17-8-7-15-13(14(17)4-5-16(17)24)3-2-11-10-12(23)6-9-18(11,15)19(20,21)22/h10,13-16,24H,2-9H2,1H3/t13-,14-,15-,16-,17?,18?/m0/s1. The third-order valence-corrected chi connectivity index (χ3v) is 8.21. The average molecular weight is 318 g/mol. The van der Waals surface area contributed by atoms with Crippen molar-refractivity contribution in [3.8, 4) is 0 Å². The van der Waals surface area contributed by atoms with Gasteiger partial charge in [0.05, 0.1) is 29.6 Å². The quantitative estimate of drug-likeness (QED) is 0.754. The van der Waals surface area contributed by atoms with E-state index in [1.54, 1.807) is 6.08 Å². The molecule has 6 radical (unpaired) electrons. The Labute approximate surface area is 149 Å². The molecule has 0 amide bonds. The number of aliphatic hydroxyl groups excluding tert-OH is 1. The average Bonchev–Trinajstić information content (AvgIpc) is 2.81. The van der Waals surface area contributed by atoms with Gasteiger partial charge < -0.3 is 5.11 Å². The van der Waals surface area contributed by atoms with Gasteiger partial charge in [0.15, 0.2) is 5.78 Å². The molecule has 6 atom stereocenters. The molecule has 0 aliphatic heterocycles. The van der Waals surface area contributed by atoms with E-state index in [4.69, 9.17) is 23.5 Å². The molecule has 3 saturated carbocycles. The van der Waals surface area contributed by atoms with E-state index in [0.717, 1.165) is 44.1 Å². The Balaban J connectivity index is 1.78. The summed E-state index contributed by atoms with van der Waals surface area (Å²) in [4.78, 5) is 12.0. The van der Waals surface area contributed by atoms with Crippen LogP contribution in [-0.2, 0) is 4.79 Å². The summed E-state index contributed by atoms with van der Waals surface area (Å²) >= 11 is 0. The lowest BCUT2D eigenvalue weighted by Gasteiger charge is -2.64. The highest BCUT2D eigenvalue weighted by Gasteiger charge is 2.61. The van der Waals surface area contributed by atoms with Gasteiger partial charge >= 0.3 is 0 Å². The first-order valence-electron chi connectivity index (χ1n) is 9.49. The molecule has 4 rings (SSSR count). The van der Waals surface area contributed by atoms with Gasteiger partial charge in [-0.25, -0.2) is 0 Å². The zero-order valence-electron chi connectivity index (χ0n) is 14.6. The van der Waals surface area contributed by atoms with Gasteiger partial charge in [-0.15, -0.1) is 5.11 Å². The van der Waals surface area contributed by atoms with Crippen LogP contribution in [0, 0.1) is 28.6 Å². The Kier molecular flexibility index (Phi) is 3.74. The molecule has 5 heteroatoms. The van der Waals surface area contributed by atoms with Crippen molar-refractivity contribution in [2.24, 2.45) is 28.6 Å². The predicted molar refractivity (Wildman–Crippen MR) is 97.0 cm³/mol. The van der Waals surface area contributed by atoms with Crippen LogP contribution in [0.4, 0.5) is 0 Å². The second kappa shape index (κ2) is 5.28. The lowest BCUT2D eigenvalue weighted by atomic mass is 9.25. The number of carbonyl (C=O) groups excluding carboxylic acids is 1. The molecule has 0 aromatic rings. The number of carbonyl (C=O) groups is 1. The van der Waals surface area contributed by atoms with E-state index >= 15 is 0 Å². The van der Waals surface area contributed by atoms with E-state index in [-0.39, 0.29) is 17.3 Å². The Morgan fingerprint density at radius 2 is 1.83 bits per heavy atom. The van der Waals surface area contributed by atoms with Crippen LogP contribution < -0.4 is 0 Å².